The SMILES string of the molecule is COc1ccc(Cc2cc(Br)c(OC)cc2O)c(O)c1. The summed E-state index contributed by atoms with van der Waals surface area (Å²) >= 11 is 3.38. The van der Waals surface area contributed by atoms with Gasteiger partial charge in [-0.15, -0.1) is 0 Å². The fourth-order valence-electron chi connectivity index (χ4n) is 1.91. The Morgan fingerprint density at radius 2 is 1.65 bits per heavy atom. The highest BCUT2D eigenvalue weighted by atomic mass is 79.9. The van der Waals surface area contributed by atoms with Gasteiger partial charge >= 0.3 is 0 Å². The molecule has 0 aliphatic rings. The number of hydrogen-bond acceptors (Lipinski definition) is 4. The summed E-state index contributed by atoms with van der Waals surface area (Å²) in [7, 11) is 3.08. The molecule has 0 spiro atoms. The van der Waals surface area contributed by atoms with E-state index in [4.69, 9.17) is 9.47 Å². The molecule has 2 N–H and O–H groups in total. The Bertz CT molecular complexity index is 626. The number of rotatable bonds is 4. The van der Waals surface area contributed by atoms with Gasteiger partial charge in [-0.3, -0.25) is 0 Å². The molecule has 0 aromatic heterocycles. The van der Waals surface area contributed by atoms with Crippen LogP contribution in [0.25, 0.3) is 0 Å². The average Bonchev–Trinajstić information content (AvgIpc) is 2.44. The number of halogens is 1. The Balaban J connectivity index is 2.32. The van der Waals surface area contributed by atoms with Crippen molar-refractivity contribution in [3.05, 3.63) is 45.9 Å². The van der Waals surface area contributed by atoms with Gasteiger partial charge in [-0.1, -0.05) is 6.07 Å². The Labute approximate surface area is 125 Å². The van der Waals surface area contributed by atoms with Gasteiger partial charge in [0, 0.05) is 18.6 Å². The van der Waals surface area contributed by atoms with E-state index in [9.17, 15) is 10.2 Å². The van der Waals surface area contributed by atoms with Crippen molar-refractivity contribution in [1.29, 1.82) is 0 Å². The summed E-state index contributed by atoms with van der Waals surface area (Å²) in [6.07, 6.45) is 0.407. The van der Waals surface area contributed by atoms with Gasteiger partial charge in [0.15, 0.2) is 0 Å². The maximum Gasteiger partial charge on any atom is 0.136 e. The quantitative estimate of drug-likeness (QED) is 0.896. The van der Waals surface area contributed by atoms with E-state index in [1.807, 2.05) is 0 Å². The lowest BCUT2D eigenvalue weighted by molar-refractivity contribution is 0.403. The van der Waals surface area contributed by atoms with Crippen molar-refractivity contribution in [2.75, 3.05) is 14.2 Å². The normalized spacial score (nSPS) is 10.3. The Kier molecular flexibility index (Phi) is 4.39. The van der Waals surface area contributed by atoms with E-state index in [-0.39, 0.29) is 11.5 Å². The molecule has 0 unspecified atom stereocenters. The second kappa shape index (κ2) is 6.05. The van der Waals surface area contributed by atoms with Crippen LogP contribution in [0.4, 0.5) is 0 Å². The van der Waals surface area contributed by atoms with Crippen molar-refractivity contribution in [2.45, 2.75) is 6.42 Å². The van der Waals surface area contributed by atoms with Gasteiger partial charge in [-0.2, -0.15) is 0 Å². The zero-order chi connectivity index (χ0) is 14.7. The fourth-order valence-corrected chi connectivity index (χ4v) is 2.46. The molecule has 2 aromatic rings. The van der Waals surface area contributed by atoms with E-state index in [1.54, 1.807) is 37.4 Å². The molecule has 4 nitrogen and oxygen atoms in total. The first-order valence-corrected chi connectivity index (χ1v) is 6.75. The van der Waals surface area contributed by atoms with E-state index in [0.717, 1.165) is 4.47 Å². The molecule has 0 bridgehead atoms. The standard InChI is InChI=1S/C15H15BrO4/c1-19-11-4-3-9(13(17)7-11)5-10-6-12(16)15(20-2)8-14(10)18/h3-4,6-8,17-18H,5H2,1-2H3. The smallest absolute Gasteiger partial charge is 0.136 e. The molecule has 0 saturated carbocycles. The van der Waals surface area contributed by atoms with Crippen LogP contribution in [0.2, 0.25) is 0 Å². The molecule has 0 aliphatic heterocycles. The number of methoxy groups -OCH3 is 2. The molecule has 2 aromatic carbocycles. The van der Waals surface area contributed by atoms with Crippen molar-refractivity contribution < 1.29 is 19.7 Å². The van der Waals surface area contributed by atoms with Crippen molar-refractivity contribution in [1.82, 2.24) is 0 Å². The first-order valence-electron chi connectivity index (χ1n) is 5.96. The molecule has 0 radical (unpaired) electrons. The van der Waals surface area contributed by atoms with Crippen LogP contribution in [0.5, 0.6) is 23.0 Å². The second-order valence-corrected chi connectivity index (χ2v) is 5.14. The molecule has 0 fully saturated rings. The third-order valence-electron chi connectivity index (χ3n) is 3.03. The summed E-state index contributed by atoms with van der Waals surface area (Å²) in [5.74, 6) is 1.41. The molecular weight excluding hydrogens is 324 g/mol. The van der Waals surface area contributed by atoms with E-state index >= 15 is 0 Å². The lowest BCUT2D eigenvalue weighted by Gasteiger charge is -2.11. The molecule has 20 heavy (non-hydrogen) atoms. The highest BCUT2D eigenvalue weighted by molar-refractivity contribution is 9.10. The minimum atomic E-state index is 0.125. The molecule has 106 valence electrons. The van der Waals surface area contributed by atoms with Gasteiger partial charge in [0.25, 0.3) is 0 Å². The summed E-state index contributed by atoms with van der Waals surface area (Å²) in [5, 5.41) is 19.9. The molecule has 0 saturated heterocycles. The summed E-state index contributed by atoms with van der Waals surface area (Å²) in [4.78, 5) is 0. The number of phenols is 2. The largest absolute Gasteiger partial charge is 0.508 e. The number of benzene rings is 2. The minimum Gasteiger partial charge on any atom is -0.508 e. The first-order chi connectivity index (χ1) is 9.55. The van der Waals surface area contributed by atoms with Gasteiger partial charge in [0.2, 0.25) is 0 Å². The van der Waals surface area contributed by atoms with Crippen LogP contribution in [0.15, 0.2) is 34.8 Å². The van der Waals surface area contributed by atoms with Gasteiger partial charge in [-0.25, -0.2) is 0 Å². The van der Waals surface area contributed by atoms with E-state index < -0.39 is 0 Å². The van der Waals surface area contributed by atoms with Crippen molar-refractivity contribution >= 4 is 15.9 Å². The van der Waals surface area contributed by atoms with Crippen molar-refractivity contribution in [3.8, 4) is 23.0 Å². The molecule has 0 amide bonds. The predicted octanol–water partition coefficient (Wildman–Crippen LogP) is 3.47. The lowest BCUT2D eigenvalue weighted by atomic mass is 10.0. The van der Waals surface area contributed by atoms with Crippen molar-refractivity contribution in [3.63, 3.8) is 0 Å². The lowest BCUT2D eigenvalue weighted by Crippen LogP contribution is -1.93. The van der Waals surface area contributed by atoms with Crippen LogP contribution >= 0.6 is 15.9 Å². The maximum absolute atomic E-state index is 9.99. The summed E-state index contributed by atoms with van der Waals surface area (Å²) in [6, 6.07) is 8.40. The van der Waals surface area contributed by atoms with E-state index in [2.05, 4.69) is 15.9 Å². The zero-order valence-electron chi connectivity index (χ0n) is 11.2. The van der Waals surface area contributed by atoms with Gasteiger partial charge in [0.1, 0.15) is 23.0 Å². The summed E-state index contributed by atoms with van der Waals surface area (Å²) in [5.41, 5.74) is 1.40. The van der Waals surface area contributed by atoms with Gasteiger partial charge < -0.3 is 19.7 Å². The molecule has 0 aliphatic carbocycles. The van der Waals surface area contributed by atoms with Crippen LogP contribution in [-0.2, 0) is 6.42 Å². The van der Waals surface area contributed by atoms with Crippen LogP contribution in [0.1, 0.15) is 11.1 Å². The van der Waals surface area contributed by atoms with Gasteiger partial charge in [0.05, 0.1) is 18.7 Å². The highest BCUT2D eigenvalue weighted by Gasteiger charge is 2.11. The number of hydrogen-bond donors (Lipinski definition) is 2. The third kappa shape index (κ3) is 2.99. The second-order valence-electron chi connectivity index (χ2n) is 4.29. The van der Waals surface area contributed by atoms with E-state index in [1.165, 1.54) is 7.11 Å². The molecular formula is C15H15BrO4. The van der Waals surface area contributed by atoms with E-state index in [0.29, 0.717) is 29.0 Å². The first kappa shape index (κ1) is 14.5. The van der Waals surface area contributed by atoms with Crippen molar-refractivity contribution in [2.24, 2.45) is 0 Å². The summed E-state index contributed by atoms with van der Waals surface area (Å²) < 4.78 is 10.9. The molecule has 5 heteroatoms. The zero-order valence-corrected chi connectivity index (χ0v) is 12.8. The fraction of sp³-hybridized carbons (Fsp3) is 0.200. The van der Waals surface area contributed by atoms with Crippen LogP contribution in [0, 0.1) is 0 Å². The molecule has 0 heterocycles. The minimum absolute atomic E-state index is 0.125. The third-order valence-corrected chi connectivity index (χ3v) is 3.65. The predicted molar refractivity (Wildman–Crippen MR) is 79.8 cm³/mol. The molecule has 2 rings (SSSR count). The maximum atomic E-state index is 9.99. The van der Waals surface area contributed by atoms with Crippen LogP contribution in [0.3, 0.4) is 0 Å². The number of aromatic hydroxyl groups is 2. The topological polar surface area (TPSA) is 58.9 Å². The average molecular weight is 339 g/mol. The van der Waals surface area contributed by atoms with Crippen LogP contribution < -0.4 is 9.47 Å². The Hall–Kier alpha value is -1.88. The number of phenolic OH excluding ortho intramolecular Hbond substituents is 2. The Morgan fingerprint density at radius 3 is 2.25 bits per heavy atom. The van der Waals surface area contributed by atoms with Crippen LogP contribution in [-0.4, -0.2) is 24.4 Å². The monoisotopic (exact) mass is 338 g/mol. The van der Waals surface area contributed by atoms with Gasteiger partial charge in [-0.05, 0) is 39.2 Å². The highest BCUT2D eigenvalue weighted by Crippen LogP contribution is 2.35. The number of ether oxygens (including phenoxy) is 2. The Morgan fingerprint density at radius 1 is 0.950 bits per heavy atom. The summed E-state index contributed by atoms with van der Waals surface area (Å²) in [6.45, 7) is 0. The molecule has 0 atom stereocenters.